The van der Waals surface area contributed by atoms with E-state index in [1.54, 1.807) is 0 Å². The molecule has 1 saturated heterocycles. The molecule has 0 saturated carbocycles. The molecular formula is C26H28N6. The molecule has 4 aromatic rings. The Morgan fingerprint density at radius 1 is 1.19 bits per heavy atom. The number of nitrogens with zero attached hydrogens (tertiary/aromatic N) is 5. The number of nitrogen functional groups attached to an aromatic ring is 1. The lowest BCUT2D eigenvalue weighted by atomic mass is 9.97. The number of fused-ring (bicyclic) bond motifs is 3. The second kappa shape index (κ2) is 7.85. The summed E-state index contributed by atoms with van der Waals surface area (Å²) in [5.74, 6) is 1.14. The molecule has 0 aliphatic carbocycles. The van der Waals surface area contributed by atoms with E-state index in [0.717, 1.165) is 64.3 Å². The van der Waals surface area contributed by atoms with Crippen LogP contribution in [-0.4, -0.2) is 41.1 Å². The van der Waals surface area contributed by atoms with E-state index in [-0.39, 0.29) is 0 Å². The summed E-state index contributed by atoms with van der Waals surface area (Å²) in [7, 11) is 4.28. The average molecular weight is 425 g/mol. The van der Waals surface area contributed by atoms with Gasteiger partial charge in [0.1, 0.15) is 11.9 Å². The fourth-order valence-electron chi connectivity index (χ4n) is 5.12. The highest BCUT2D eigenvalue weighted by molar-refractivity contribution is 5.86. The number of benzene rings is 2. The van der Waals surface area contributed by atoms with Crippen molar-refractivity contribution in [2.75, 3.05) is 31.3 Å². The Morgan fingerprint density at radius 3 is 2.75 bits per heavy atom. The molecule has 0 spiro atoms. The van der Waals surface area contributed by atoms with Crippen LogP contribution >= 0.6 is 0 Å². The monoisotopic (exact) mass is 424 g/mol. The molecule has 1 aliphatic heterocycles. The van der Waals surface area contributed by atoms with E-state index < -0.39 is 0 Å². The third-order valence-corrected chi connectivity index (χ3v) is 6.63. The summed E-state index contributed by atoms with van der Waals surface area (Å²) in [5, 5.41) is 10.1. The van der Waals surface area contributed by atoms with Crippen molar-refractivity contribution in [2.45, 2.75) is 32.4 Å². The van der Waals surface area contributed by atoms with Gasteiger partial charge in [0.05, 0.1) is 22.8 Å². The molecule has 2 aromatic carbocycles. The van der Waals surface area contributed by atoms with Gasteiger partial charge in [0.15, 0.2) is 5.65 Å². The van der Waals surface area contributed by atoms with Crippen LogP contribution in [0.25, 0.3) is 16.7 Å². The van der Waals surface area contributed by atoms with Crippen LogP contribution in [0.15, 0.2) is 48.5 Å². The minimum atomic E-state index is 0.297. The lowest BCUT2D eigenvalue weighted by molar-refractivity contribution is 0.300. The maximum absolute atomic E-state index is 10.1. The highest BCUT2D eigenvalue weighted by atomic mass is 15.4. The first-order valence-electron chi connectivity index (χ1n) is 11.1. The molecule has 2 N–H and O–H groups in total. The number of imidazole rings is 1. The van der Waals surface area contributed by atoms with Gasteiger partial charge < -0.3 is 10.6 Å². The van der Waals surface area contributed by atoms with Gasteiger partial charge in [-0.05, 0) is 69.3 Å². The van der Waals surface area contributed by atoms with Crippen LogP contribution in [0.4, 0.5) is 11.5 Å². The van der Waals surface area contributed by atoms with Crippen LogP contribution in [0.1, 0.15) is 35.1 Å². The van der Waals surface area contributed by atoms with Crippen LogP contribution in [0.2, 0.25) is 0 Å². The van der Waals surface area contributed by atoms with Crippen molar-refractivity contribution >= 4 is 28.2 Å². The Hall–Kier alpha value is -3.56. The molecule has 1 atom stereocenters. The van der Waals surface area contributed by atoms with E-state index in [1.807, 2.05) is 36.4 Å². The van der Waals surface area contributed by atoms with Gasteiger partial charge in [-0.25, -0.2) is 4.98 Å². The third kappa shape index (κ3) is 3.17. The zero-order valence-corrected chi connectivity index (χ0v) is 18.8. The minimum absolute atomic E-state index is 0.297. The summed E-state index contributed by atoms with van der Waals surface area (Å²) < 4.78 is 2.21. The first-order valence-corrected chi connectivity index (χ1v) is 11.1. The SMILES string of the molecule is Cc1c(Cc2cccc(N)c2)c(N2CCCC2N(C)C)n2c(nc3ccccc32)c1C#N. The van der Waals surface area contributed by atoms with Crippen molar-refractivity contribution in [3.8, 4) is 6.07 Å². The topological polar surface area (TPSA) is 73.6 Å². The van der Waals surface area contributed by atoms with Gasteiger partial charge in [0.2, 0.25) is 0 Å². The zero-order chi connectivity index (χ0) is 22.4. The van der Waals surface area contributed by atoms with E-state index in [4.69, 9.17) is 10.7 Å². The van der Waals surface area contributed by atoms with Gasteiger partial charge in [-0.2, -0.15) is 5.26 Å². The Kier molecular flexibility index (Phi) is 4.99. The van der Waals surface area contributed by atoms with Gasteiger partial charge in [0.25, 0.3) is 0 Å². The molecular weight excluding hydrogens is 396 g/mol. The molecule has 1 unspecified atom stereocenters. The fraction of sp³-hybridized carbons (Fsp3) is 0.308. The number of aromatic nitrogens is 2. The second-order valence-corrected chi connectivity index (χ2v) is 8.88. The number of nitrogens with two attached hydrogens (primary N) is 1. The first-order chi connectivity index (χ1) is 15.5. The number of anilines is 2. The minimum Gasteiger partial charge on any atom is -0.399 e. The molecule has 162 valence electrons. The van der Waals surface area contributed by atoms with Crippen molar-refractivity contribution in [2.24, 2.45) is 0 Å². The van der Waals surface area contributed by atoms with Crippen LogP contribution in [0.3, 0.4) is 0 Å². The number of rotatable bonds is 4. The van der Waals surface area contributed by atoms with E-state index in [2.05, 4.69) is 53.4 Å². The Balaban J connectivity index is 1.87. The molecule has 3 heterocycles. The van der Waals surface area contributed by atoms with E-state index in [9.17, 15) is 5.26 Å². The quantitative estimate of drug-likeness (QED) is 0.494. The number of pyridine rings is 1. The molecule has 1 aliphatic rings. The normalized spacial score (nSPS) is 16.3. The highest BCUT2D eigenvalue weighted by Gasteiger charge is 2.32. The number of hydrogen-bond acceptors (Lipinski definition) is 5. The summed E-state index contributed by atoms with van der Waals surface area (Å²) in [4.78, 5) is 9.68. The highest BCUT2D eigenvalue weighted by Crippen LogP contribution is 2.38. The summed E-state index contributed by atoms with van der Waals surface area (Å²) >= 11 is 0. The summed E-state index contributed by atoms with van der Waals surface area (Å²) in [6.07, 6.45) is 3.25. The van der Waals surface area contributed by atoms with Gasteiger partial charge in [-0.15, -0.1) is 0 Å². The summed E-state index contributed by atoms with van der Waals surface area (Å²) in [5.41, 5.74) is 13.5. The maximum atomic E-state index is 10.1. The van der Waals surface area contributed by atoms with E-state index in [0.29, 0.717) is 18.2 Å². The predicted octanol–water partition coefficient (Wildman–Crippen LogP) is 4.33. The predicted molar refractivity (Wildman–Crippen MR) is 130 cm³/mol. The lowest BCUT2D eigenvalue weighted by Crippen LogP contribution is -2.42. The molecule has 1 fully saturated rings. The molecule has 0 radical (unpaired) electrons. The van der Waals surface area contributed by atoms with Crippen LogP contribution < -0.4 is 10.6 Å². The molecule has 6 heteroatoms. The van der Waals surface area contributed by atoms with Crippen LogP contribution in [0, 0.1) is 18.3 Å². The van der Waals surface area contributed by atoms with Crippen molar-refractivity contribution in [1.82, 2.24) is 14.3 Å². The van der Waals surface area contributed by atoms with Crippen molar-refractivity contribution < 1.29 is 0 Å². The molecule has 32 heavy (non-hydrogen) atoms. The lowest BCUT2D eigenvalue weighted by Gasteiger charge is -2.34. The summed E-state index contributed by atoms with van der Waals surface area (Å²) in [6.45, 7) is 3.03. The first kappa shape index (κ1) is 20.3. The maximum Gasteiger partial charge on any atom is 0.157 e. The second-order valence-electron chi connectivity index (χ2n) is 8.88. The van der Waals surface area contributed by atoms with Gasteiger partial charge in [-0.1, -0.05) is 24.3 Å². The van der Waals surface area contributed by atoms with Gasteiger partial charge in [-0.3, -0.25) is 9.30 Å². The van der Waals surface area contributed by atoms with Gasteiger partial charge in [0, 0.05) is 24.2 Å². The van der Waals surface area contributed by atoms with E-state index >= 15 is 0 Å². The van der Waals surface area contributed by atoms with E-state index in [1.165, 1.54) is 0 Å². The Labute approximate surface area is 188 Å². The fourth-order valence-corrected chi connectivity index (χ4v) is 5.12. The average Bonchev–Trinajstić information content (AvgIpc) is 3.40. The molecule has 2 aromatic heterocycles. The molecule has 0 bridgehead atoms. The largest absolute Gasteiger partial charge is 0.399 e. The number of para-hydroxylation sites is 2. The smallest absolute Gasteiger partial charge is 0.157 e. The molecule has 5 rings (SSSR count). The van der Waals surface area contributed by atoms with Crippen molar-refractivity contribution in [3.05, 3.63) is 70.8 Å². The van der Waals surface area contributed by atoms with Crippen LogP contribution in [-0.2, 0) is 6.42 Å². The summed E-state index contributed by atoms with van der Waals surface area (Å²) in [6, 6.07) is 18.6. The Morgan fingerprint density at radius 2 is 2.00 bits per heavy atom. The Bertz CT molecular complexity index is 1360. The third-order valence-electron chi connectivity index (χ3n) is 6.63. The molecule has 6 nitrogen and oxygen atoms in total. The number of hydrogen-bond donors (Lipinski definition) is 1. The van der Waals surface area contributed by atoms with Gasteiger partial charge >= 0.3 is 0 Å². The zero-order valence-electron chi connectivity index (χ0n) is 18.8. The van der Waals surface area contributed by atoms with Crippen molar-refractivity contribution in [3.63, 3.8) is 0 Å². The van der Waals surface area contributed by atoms with Crippen molar-refractivity contribution in [1.29, 1.82) is 5.26 Å². The number of nitriles is 1. The molecule has 0 amide bonds. The standard InChI is InChI=1S/C26H28N6/c1-17-20(15-18-8-6-9-19(28)14-18)26(31-13-7-12-24(31)30(2)3)32-23-11-5-4-10-22(23)29-25(32)21(17)16-27/h4-6,8-11,14,24H,7,12-13,15,28H2,1-3H3. The van der Waals surface area contributed by atoms with Crippen LogP contribution in [0.5, 0.6) is 0 Å².